The maximum Gasteiger partial charge on any atom is 0.255 e. The summed E-state index contributed by atoms with van der Waals surface area (Å²) in [4.78, 5) is 10.2. The second-order valence-electron chi connectivity index (χ2n) is 7.95. The van der Waals surface area contributed by atoms with Gasteiger partial charge in [0.2, 0.25) is 0 Å². The van der Waals surface area contributed by atoms with Crippen molar-refractivity contribution in [1.29, 1.82) is 0 Å². The fourth-order valence-corrected chi connectivity index (χ4v) is 3.14. The summed E-state index contributed by atoms with van der Waals surface area (Å²) in [5.74, 6) is 5.00. The summed E-state index contributed by atoms with van der Waals surface area (Å²) >= 11 is 6.38. The Morgan fingerprint density at radius 3 is 2.45 bits per heavy atom. The van der Waals surface area contributed by atoms with Crippen LogP contribution < -0.4 is 5.32 Å². The Morgan fingerprint density at radius 2 is 1.84 bits per heavy atom. The molecule has 0 spiro atoms. The molecular weight excluding hydrogens is 422 g/mol. The molecule has 0 bridgehead atoms. The maximum absolute atomic E-state index is 15.1. The Kier molecular flexibility index (Phi) is 7.08. The quantitative estimate of drug-likeness (QED) is 0.447. The van der Waals surface area contributed by atoms with Crippen LogP contribution in [0, 0.1) is 29.4 Å². The number of benzene rings is 1. The number of hydrogen-bond donors (Lipinski definition) is 1. The predicted octanol–water partition coefficient (Wildman–Crippen LogP) is 4.48. The number of nitrogens with zero attached hydrogens (tertiary/aromatic N) is 5. The van der Waals surface area contributed by atoms with Gasteiger partial charge in [-0.25, -0.2) is 8.78 Å². The number of nitrogens with one attached hydrogen (secondary N) is 1. The van der Waals surface area contributed by atoms with Gasteiger partial charge in [0.25, 0.3) is 5.78 Å². The van der Waals surface area contributed by atoms with Gasteiger partial charge < -0.3 is 10.2 Å². The van der Waals surface area contributed by atoms with Crippen LogP contribution in [0.3, 0.4) is 0 Å². The molecule has 1 N–H and O–H groups in total. The average Bonchev–Trinajstić information content (AvgIpc) is 3.14. The van der Waals surface area contributed by atoms with Crippen molar-refractivity contribution in [2.24, 2.45) is 5.92 Å². The fourth-order valence-electron chi connectivity index (χ4n) is 2.88. The van der Waals surface area contributed by atoms with Crippen LogP contribution in [-0.4, -0.2) is 51.2 Å². The van der Waals surface area contributed by atoms with Gasteiger partial charge in [0, 0.05) is 24.6 Å². The first-order valence-electron chi connectivity index (χ1n) is 9.97. The van der Waals surface area contributed by atoms with Crippen LogP contribution >= 0.6 is 11.6 Å². The molecule has 6 nitrogen and oxygen atoms in total. The molecule has 164 valence electrons. The molecule has 1 aromatic carbocycles. The van der Waals surface area contributed by atoms with Gasteiger partial charge in [-0.15, -0.1) is 0 Å². The van der Waals surface area contributed by atoms with E-state index in [-0.39, 0.29) is 39.6 Å². The molecular formula is C22H25ClF2N6. The minimum absolute atomic E-state index is 0.0300. The largest absolute Gasteiger partial charge is 0.367 e. The van der Waals surface area contributed by atoms with E-state index in [0.29, 0.717) is 12.2 Å². The maximum atomic E-state index is 15.1. The minimum Gasteiger partial charge on any atom is -0.367 e. The molecule has 0 amide bonds. The van der Waals surface area contributed by atoms with E-state index in [2.05, 4.69) is 32.2 Å². The monoisotopic (exact) mass is 446 g/mol. The molecule has 0 saturated carbocycles. The summed E-state index contributed by atoms with van der Waals surface area (Å²) in [6.07, 6.45) is 1.91. The zero-order chi connectivity index (χ0) is 22.7. The van der Waals surface area contributed by atoms with Crippen molar-refractivity contribution in [2.75, 3.05) is 26.0 Å². The summed E-state index contributed by atoms with van der Waals surface area (Å²) in [5.41, 5.74) is 0.0648. The first-order valence-corrected chi connectivity index (χ1v) is 10.4. The number of rotatable bonds is 6. The zero-order valence-corrected chi connectivity index (χ0v) is 18.9. The van der Waals surface area contributed by atoms with Gasteiger partial charge in [-0.1, -0.05) is 37.3 Å². The van der Waals surface area contributed by atoms with Gasteiger partial charge in [0.05, 0.1) is 11.1 Å². The molecule has 1 atom stereocenters. The van der Waals surface area contributed by atoms with Crippen LogP contribution in [0.25, 0.3) is 16.9 Å². The summed E-state index contributed by atoms with van der Waals surface area (Å²) in [6, 6.07) is 2.38. The van der Waals surface area contributed by atoms with Crippen molar-refractivity contribution in [3.63, 3.8) is 0 Å². The molecule has 0 aliphatic carbocycles. The van der Waals surface area contributed by atoms with Crippen molar-refractivity contribution >= 4 is 23.2 Å². The first kappa shape index (κ1) is 22.9. The lowest BCUT2D eigenvalue weighted by Gasteiger charge is -2.22. The Bertz CT molecular complexity index is 1120. The molecule has 2 aromatic heterocycles. The van der Waals surface area contributed by atoms with Crippen LogP contribution in [0.4, 0.5) is 14.6 Å². The highest BCUT2D eigenvalue weighted by Crippen LogP contribution is 2.38. The number of fused-ring (bicyclic) bond motifs is 1. The van der Waals surface area contributed by atoms with Gasteiger partial charge in [-0.05, 0) is 39.1 Å². The molecule has 9 heteroatoms. The normalized spacial score (nSPS) is 12.3. The molecule has 3 rings (SSSR count). The van der Waals surface area contributed by atoms with E-state index in [0.717, 1.165) is 6.54 Å². The summed E-state index contributed by atoms with van der Waals surface area (Å²) in [6.45, 7) is 6.79. The standard InChI is InChI=1S/C22H25ClF2N6/c1-13(2)14(3)28-21-19(20(23)29-22-26-12-27-31(21)22)18-16(24)10-15(11-17(18)25)8-6-7-9-30(4)5/h10-14,28H,7,9H2,1-5H3/t14-/m1/s1. The number of halogens is 3. The number of anilines is 1. The van der Waals surface area contributed by atoms with Gasteiger partial charge in [0.1, 0.15) is 28.9 Å². The van der Waals surface area contributed by atoms with E-state index < -0.39 is 11.6 Å². The van der Waals surface area contributed by atoms with E-state index in [1.54, 1.807) is 0 Å². The van der Waals surface area contributed by atoms with E-state index >= 15 is 8.78 Å². The Hall–Kier alpha value is -2.76. The van der Waals surface area contributed by atoms with E-state index in [4.69, 9.17) is 11.6 Å². The van der Waals surface area contributed by atoms with Crippen LogP contribution in [0.15, 0.2) is 18.5 Å². The lowest BCUT2D eigenvalue weighted by molar-refractivity contribution is 0.420. The van der Waals surface area contributed by atoms with Gasteiger partial charge in [0.15, 0.2) is 0 Å². The van der Waals surface area contributed by atoms with Gasteiger partial charge in [-0.2, -0.15) is 19.6 Å². The second-order valence-corrected chi connectivity index (χ2v) is 8.30. The molecule has 0 aliphatic rings. The average molecular weight is 447 g/mol. The molecule has 3 aromatic rings. The van der Waals surface area contributed by atoms with Crippen molar-refractivity contribution in [2.45, 2.75) is 33.2 Å². The molecule has 2 heterocycles. The third-order valence-corrected chi connectivity index (χ3v) is 5.23. The van der Waals surface area contributed by atoms with Crippen molar-refractivity contribution in [3.05, 3.63) is 40.8 Å². The minimum atomic E-state index is -0.777. The first-order chi connectivity index (χ1) is 14.7. The number of aromatic nitrogens is 4. The van der Waals surface area contributed by atoms with Crippen molar-refractivity contribution in [1.82, 2.24) is 24.5 Å². The Balaban J connectivity index is 2.11. The molecule has 0 unspecified atom stereocenters. The third kappa shape index (κ3) is 5.12. The van der Waals surface area contributed by atoms with Crippen LogP contribution in [0.2, 0.25) is 5.15 Å². The topological polar surface area (TPSA) is 58.3 Å². The number of hydrogen-bond acceptors (Lipinski definition) is 5. The lowest BCUT2D eigenvalue weighted by atomic mass is 10.0. The van der Waals surface area contributed by atoms with Crippen LogP contribution in [-0.2, 0) is 0 Å². The SMILES string of the molecule is CC(C)[C@@H](C)Nc1c(-c2c(F)cc(C#CCCN(C)C)cc2F)c(Cl)nc2ncnn12. The summed E-state index contributed by atoms with van der Waals surface area (Å²) in [5, 5.41) is 7.35. The predicted molar refractivity (Wildman–Crippen MR) is 119 cm³/mol. The molecule has 0 saturated heterocycles. The molecule has 0 radical (unpaired) electrons. The van der Waals surface area contributed by atoms with E-state index in [1.165, 1.54) is 23.0 Å². The van der Waals surface area contributed by atoms with Crippen molar-refractivity contribution in [3.8, 4) is 23.0 Å². The Morgan fingerprint density at radius 1 is 1.16 bits per heavy atom. The van der Waals surface area contributed by atoms with Crippen LogP contribution in [0.5, 0.6) is 0 Å². The summed E-state index contributed by atoms with van der Waals surface area (Å²) in [7, 11) is 3.87. The van der Waals surface area contributed by atoms with Gasteiger partial charge >= 0.3 is 0 Å². The smallest absolute Gasteiger partial charge is 0.255 e. The van der Waals surface area contributed by atoms with E-state index in [9.17, 15) is 0 Å². The highest BCUT2D eigenvalue weighted by Gasteiger charge is 2.25. The van der Waals surface area contributed by atoms with Crippen LogP contribution in [0.1, 0.15) is 32.8 Å². The van der Waals surface area contributed by atoms with Crippen molar-refractivity contribution < 1.29 is 8.78 Å². The highest BCUT2D eigenvalue weighted by molar-refractivity contribution is 6.33. The third-order valence-electron chi connectivity index (χ3n) is 4.96. The highest BCUT2D eigenvalue weighted by atomic mass is 35.5. The summed E-state index contributed by atoms with van der Waals surface area (Å²) < 4.78 is 31.7. The Labute approximate surface area is 185 Å². The molecule has 0 fully saturated rings. The molecule has 0 aliphatic heterocycles. The molecule has 31 heavy (non-hydrogen) atoms. The van der Waals surface area contributed by atoms with E-state index in [1.807, 2.05) is 39.8 Å². The van der Waals surface area contributed by atoms with Gasteiger partial charge in [-0.3, -0.25) is 0 Å². The zero-order valence-electron chi connectivity index (χ0n) is 18.2. The lowest BCUT2D eigenvalue weighted by Crippen LogP contribution is -2.24. The fraction of sp³-hybridized carbons (Fsp3) is 0.409. The second kappa shape index (κ2) is 9.58.